The Bertz CT molecular complexity index is 709. The highest BCUT2D eigenvalue weighted by Gasteiger charge is 2.23. The number of nitrogens with two attached hydrogens (primary N) is 1. The number of anilines is 1. The molecule has 0 aromatic heterocycles. The van der Waals surface area contributed by atoms with Gasteiger partial charge in [0.05, 0.1) is 11.1 Å². The molecule has 0 saturated heterocycles. The second-order valence-electron chi connectivity index (χ2n) is 4.08. The number of nitrogen functional groups attached to an aromatic ring is 1. The van der Waals surface area contributed by atoms with Crippen molar-refractivity contribution in [3.63, 3.8) is 0 Å². The Hall–Kier alpha value is -3.02. The monoisotopic (exact) mass is 273 g/mol. The van der Waals surface area contributed by atoms with Crippen LogP contribution in [0.1, 0.15) is 26.3 Å². The van der Waals surface area contributed by atoms with Crippen molar-refractivity contribution in [3.05, 3.63) is 53.1 Å². The molecule has 2 aromatic rings. The number of carboxylic acid groups (broad SMARTS) is 1. The predicted octanol–water partition coefficient (Wildman–Crippen LogP) is 1.61. The Morgan fingerprint density at radius 2 is 1.60 bits per heavy atom. The van der Waals surface area contributed by atoms with E-state index in [2.05, 4.69) is 0 Å². The van der Waals surface area contributed by atoms with E-state index in [1.807, 2.05) is 0 Å². The molecule has 0 amide bonds. The summed E-state index contributed by atoms with van der Waals surface area (Å²) in [5, 5.41) is 28.5. The number of carbonyl (C=O) groups excluding carboxylic acids is 1. The van der Waals surface area contributed by atoms with Crippen LogP contribution in [0.2, 0.25) is 0 Å². The maximum absolute atomic E-state index is 12.2. The van der Waals surface area contributed by atoms with Crippen molar-refractivity contribution in [1.29, 1.82) is 0 Å². The highest BCUT2D eigenvalue weighted by atomic mass is 16.4. The molecule has 2 rings (SSSR count). The van der Waals surface area contributed by atoms with Crippen LogP contribution in [0.25, 0.3) is 0 Å². The van der Waals surface area contributed by atoms with E-state index in [1.165, 1.54) is 30.3 Å². The lowest BCUT2D eigenvalue weighted by atomic mass is 9.98. The highest BCUT2D eigenvalue weighted by molar-refractivity contribution is 6.14. The van der Waals surface area contributed by atoms with Crippen molar-refractivity contribution < 1.29 is 24.9 Å². The lowest BCUT2D eigenvalue weighted by Gasteiger charge is -2.09. The molecule has 0 bridgehead atoms. The molecule has 5 N–H and O–H groups in total. The second-order valence-corrected chi connectivity index (χ2v) is 4.08. The Balaban J connectivity index is 2.60. The van der Waals surface area contributed by atoms with Gasteiger partial charge in [-0.2, -0.15) is 0 Å². The van der Waals surface area contributed by atoms with Crippen LogP contribution in [0.15, 0.2) is 36.4 Å². The molecule has 0 radical (unpaired) electrons. The van der Waals surface area contributed by atoms with Crippen LogP contribution >= 0.6 is 0 Å². The van der Waals surface area contributed by atoms with Gasteiger partial charge in [0.2, 0.25) is 0 Å². The van der Waals surface area contributed by atoms with Gasteiger partial charge in [-0.05, 0) is 24.3 Å². The van der Waals surface area contributed by atoms with E-state index in [0.717, 1.165) is 0 Å². The zero-order valence-electron chi connectivity index (χ0n) is 10.2. The third kappa shape index (κ3) is 2.14. The van der Waals surface area contributed by atoms with E-state index in [4.69, 9.17) is 10.8 Å². The molecule has 0 aliphatic carbocycles. The number of aromatic carboxylic acids is 1. The number of benzene rings is 2. The second kappa shape index (κ2) is 4.93. The normalized spacial score (nSPS) is 10.2. The van der Waals surface area contributed by atoms with E-state index in [9.17, 15) is 19.8 Å². The Labute approximate surface area is 113 Å². The molecule has 0 aliphatic heterocycles. The number of carboxylic acids is 1. The van der Waals surface area contributed by atoms with Gasteiger partial charge in [0.25, 0.3) is 0 Å². The first-order valence-corrected chi connectivity index (χ1v) is 5.61. The quantitative estimate of drug-likeness (QED) is 0.498. The number of aromatic hydroxyl groups is 2. The largest absolute Gasteiger partial charge is 0.507 e. The summed E-state index contributed by atoms with van der Waals surface area (Å²) in [6, 6.07) is 8.20. The molecular formula is C14H11NO5. The molecule has 20 heavy (non-hydrogen) atoms. The Morgan fingerprint density at radius 1 is 0.950 bits per heavy atom. The first kappa shape index (κ1) is 13.4. The number of phenolic OH excluding ortho intramolecular Hbond substituents is 1. The smallest absolute Gasteiger partial charge is 0.341 e. The topological polar surface area (TPSA) is 121 Å². The summed E-state index contributed by atoms with van der Waals surface area (Å²) in [4.78, 5) is 23.2. The minimum atomic E-state index is -1.44. The summed E-state index contributed by atoms with van der Waals surface area (Å²) in [5.74, 6) is -3.11. The minimum absolute atomic E-state index is 0.0380. The van der Waals surface area contributed by atoms with Gasteiger partial charge in [0.15, 0.2) is 5.78 Å². The lowest BCUT2D eigenvalue weighted by Crippen LogP contribution is -2.08. The zero-order valence-corrected chi connectivity index (χ0v) is 10.2. The highest BCUT2D eigenvalue weighted by Crippen LogP contribution is 2.31. The molecule has 0 saturated carbocycles. The van der Waals surface area contributed by atoms with Crippen molar-refractivity contribution in [2.75, 3.05) is 5.73 Å². The molecule has 2 aromatic carbocycles. The fraction of sp³-hybridized carbons (Fsp3) is 0. The van der Waals surface area contributed by atoms with Gasteiger partial charge in [-0.3, -0.25) is 4.79 Å². The third-order valence-electron chi connectivity index (χ3n) is 2.82. The van der Waals surface area contributed by atoms with E-state index < -0.39 is 23.1 Å². The predicted molar refractivity (Wildman–Crippen MR) is 71.0 cm³/mol. The van der Waals surface area contributed by atoms with Crippen LogP contribution in [0, 0.1) is 0 Å². The van der Waals surface area contributed by atoms with Crippen molar-refractivity contribution in [2.24, 2.45) is 0 Å². The van der Waals surface area contributed by atoms with Crippen molar-refractivity contribution in [1.82, 2.24) is 0 Å². The van der Waals surface area contributed by atoms with Crippen molar-refractivity contribution in [3.8, 4) is 11.5 Å². The van der Waals surface area contributed by atoms with Gasteiger partial charge in [0, 0.05) is 5.69 Å². The standard InChI is InChI=1S/C14H11NO5/c15-9-6-5-8(13(18)11(9)14(19)20)12(17)7-3-1-2-4-10(7)16/h1-6,16,18H,15H2,(H,19,20). The Kier molecular flexibility index (Phi) is 3.30. The average Bonchev–Trinajstić information content (AvgIpc) is 2.38. The maximum Gasteiger partial charge on any atom is 0.341 e. The van der Waals surface area contributed by atoms with Gasteiger partial charge >= 0.3 is 5.97 Å². The van der Waals surface area contributed by atoms with Crippen LogP contribution in [0.4, 0.5) is 5.69 Å². The molecule has 6 nitrogen and oxygen atoms in total. The summed E-state index contributed by atoms with van der Waals surface area (Å²) < 4.78 is 0. The third-order valence-corrected chi connectivity index (χ3v) is 2.82. The van der Waals surface area contributed by atoms with E-state index in [0.29, 0.717) is 0 Å². The van der Waals surface area contributed by atoms with Crippen LogP contribution in [0.3, 0.4) is 0 Å². The Morgan fingerprint density at radius 3 is 2.20 bits per heavy atom. The first-order valence-electron chi connectivity index (χ1n) is 5.61. The van der Waals surface area contributed by atoms with E-state index in [1.54, 1.807) is 6.07 Å². The van der Waals surface area contributed by atoms with Gasteiger partial charge in [-0.25, -0.2) is 4.79 Å². The number of carbonyl (C=O) groups is 2. The number of hydrogen-bond donors (Lipinski definition) is 4. The van der Waals surface area contributed by atoms with Gasteiger partial charge in [0.1, 0.15) is 17.1 Å². The van der Waals surface area contributed by atoms with E-state index in [-0.39, 0.29) is 22.6 Å². The maximum atomic E-state index is 12.2. The molecule has 102 valence electrons. The van der Waals surface area contributed by atoms with Gasteiger partial charge < -0.3 is 21.1 Å². The first-order chi connectivity index (χ1) is 9.43. The summed E-state index contributed by atoms with van der Waals surface area (Å²) >= 11 is 0. The number of ketones is 1. The molecular weight excluding hydrogens is 262 g/mol. The fourth-order valence-corrected chi connectivity index (χ4v) is 1.83. The average molecular weight is 273 g/mol. The molecule has 0 spiro atoms. The molecule has 0 fully saturated rings. The van der Waals surface area contributed by atoms with Crippen LogP contribution < -0.4 is 5.73 Å². The lowest BCUT2D eigenvalue weighted by molar-refractivity contribution is 0.0695. The SMILES string of the molecule is Nc1ccc(C(=O)c2ccccc2O)c(O)c1C(=O)O. The minimum Gasteiger partial charge on any atom is -0.507 e. The molecule has 6 heteroatoms. The van der Waals surface area contributed by atoms with Gasteiger partial charge in [-0.15, -0.1) is 0 Å². The van der Waals surface area contributed by atoms with Crippen molar-refractivity contribution >= 4 is 17.4 Å². The van der Waals surface area contributed by atoms with Crippen LogP contribution in [-0.2, 0) is 0 Å². The number of phenols is 2. The van der Waals surface area contributed by atoms with Crippen molar-refractivity contribution in [2.45, 2.75) is 0 Å². The molecule has 0 atom stereocenters. The van der Waals surface area contributed by atoms with Crippen LogP contribution in [-0.4, -0.2) is 27.1 Å². The zero-order chi connectivity index (χ0) is 14.9. The molecule has 0 heterocycles. The number of rotatable bonds is 3. The molecule has 0 aliphatic rings. The van der Waals surface area contributed by atoms with Crippen LogP contribution in [0.5, 0.6) is 11.5 Å². The number of para-hydroxylation sites is 1. The number of hydrogen-bond acceptors (Lipinski definition) is 5. The summed E-state index contributed by atoms with van der Waals surface area (Å²) in [6.07, 6.45) is 0. The molecule has 0 unspecified atom stereocenters. The summed E-state index contributed by atoms with van der Waals surface area (Å²) in [6.45, 7) is 0. The van der Waals surface area contributed by atoms with Gasteiger partial charge in [-0.1, -0.05) is 12.1 Å². The fourth-order valence-electron chi connectivity index (χ4n) is 1.83. The summed E-state index contributed by atoms with van der Waals surface area (Å²) in [7, 11) is 0. The summed E-state index contributed by atoms with van der Waals surface area (Å²) in [5.41, 5.74) is 4.50. The van der Waals surface area contributed by atoms with E-state index >= 15 is 0 Å².